The van der Waals surface area contributed by atoms with Crippen LogP contribution in [0.1, 0.15) is 16.1 Å². The van der Waals surface area contributed by atoms with Crippen molar-refractivity contribution in [2.75, 3.05) is 0 Å². The molecule has 1 amide bonds. The Labute approximate surface area is 120 Å². The van der Waals surface area contributed by atoms with E-state index in [9.17, 15) is 4.79 Å². The van der Waals surface area contributed by atoms with E-state index >= 15 is 0 Å². The predicted octanol–water partition coefficient (Wildman–Crippen LogP) is 2.97. The van der Waals surface area contributed by atoms with E-state index < -0.39 is 0 Å². The lowest BCUT2D eigenvalue weighted by atomic mass is 10.2. The molecule has 0 bridgehead atoms. The third-order valence-electron chi connectivity index (χ3n) is 2.09. The first-order chi connectivity index (χ1) is 8.16. The highest BCUT2D eigenvalue weighted by molar-refractivity contribution is 14.1. The molecular formula is C11H8BrIN2O2. The number of carbonyl (C=O) groups is 1. The Hall–Kier alpha value is -0.890. The molecule has 0 atom stereocenters. The second kappa shape index (κ2) is 5.63. The first kappa shape index (κ1) is 12.6. The van der Waals surface area contributed by atoms with Gasteiger partial charge >= 0.3 is 0 Å². The van der Waals surface area contributed by atoms with Crippen LogP contribution in [0.4, 0.5) is 0 Å². The monoisotopic (exact) mass is 406 g/mol. The number of hydrogen-bond donors (Lipinski definition) is 1. The third kappa shape index (κ3) is 3.29. The number of rotatable bonds is 3. The van der Waals surface area contributed by atoms with Crippen LogP contribution in [-0.4, -0.2) is 11.1 Å². The van der Waals surface area contributed by atoms with Crippen molar-refractivity contribution in [3.05, 3.63) is 49.8 Å². The number of nitrogens with one attached hydrogen (secondary N) is 1. The van der Waals surface area contributed by atoms with Crippen molar-refractivity contribution in [1.29, 1.82) is 0 Å². The molecule has 2 rings (SSSR count). The molecule has 1 aromatic carbocycles. The van der Waals surface area contributed by atoms with Gasteiger partial charge in [0, 0.05) is 14.1 Å². The summed E-state index contributed by atoms with van der Waals surface area (Å²) in [5, 5.41) is 6.33. The molecule has 1 heterocycles. The average Bonchev–Trinajstić information content (AvgIpc) is 2.82. The van der Waals surface area contributed by atoms with Crippen molar-refractivity contribution < 1.29 is 9.32 Å². The lowest BCUT2D eigenvalue weighted by molar-refractivity contribution is 0.0946. The van der Waals surface area contributed by atoms with E-state index in [1.54, 1.807) is 12.3 Å². The summed E-state index contributed by atoms with van der Waals surface area (Å²) in [5.74, 6) is 0.479. The van der Waals surface area contributed by atoms with Gasteiger partial charge in [-0.25, -0.2) is 0 Å². The third-order valence-corrected chi connectivity index (χ3v) is 3.45. The number of aromatic nitrogens is 1. The van der Waals surface area contributed by atoms with Gasteiger partial charge in [0.05, 0.1) is 18.3 Å². The van der Waals surface area contributed by atoms with Crippen LogP contribution in [0.15, 0.2) is 39.5 Å². The lowest BCUT2D eigenvalue weighted by Crippen LogP contribution is -2.23. The second-order valence-corrected chi connectivity index (χ2v) is 5.39. The highest BCUT2D eigenvalue weighted by Gasteiger charge is 2.10. The molecule has 4 nitrogen and oxygen atoms in total. The summed E-state index contributed by atoms with van der Waals surface area (Å²) in [6.07, 6.45) is 1.54. The van der Waals surface area contributed by atoms with Crippen LogP contribution in [0.5, 0.6) is 0 Å². The zero-order valence-electron chi connectivity index (χ0n) is 8.61. The first-order valence-corrected chi connectivity index (χ1v) is 6.67. The Morgan fingerprint density at radius 3 is 3.00 bits per heavy atom. The van der Waals surface area contributed by atoms with E-state index in [0.29, 0.717) is 17.9 Å². The molecule has 0 radical (unpaired) electrons. The molecule has 0 fully saturated rings. The molecule has 0 aliphatic carbocycles. The zero-order valence-corrected chi connectivity index (χ0v) is 12.4. The molecule has 1 aromatic heterocycles. The molecule has 0 unspecified atom stereocenters. The fourth-order valence-electron chi connectivity index (χ4n) is 1.27. The summed E-state index contributed by atoms with van der Waals surface area (Å²) < 4.78 is 6.68. The molecule has 88 valence electrons. The maximum absolute atomic E-state index is 11.9. The van der Waals surface area contributed by atoms with Gasteiger partial charge in [0.2, 0.25) is 0 Å². The minimum Gasteiger partial charge on any atom is -0.360 e. The van der Waals surface area contributed by atoms with Crippen LogP contribution in [0.2, 0.25) is 0 Å². The Morgan fingerprint density at radius 2 is 2.29 bits per heavy atom. The minimum atomic E-state index is -0.146. The Bertz CT molecular complexity index is 528. The van der Waals surface area contributed by atoms with Crippen molar-refractivity contribution in [3.8, 4) is 0 Å². The van der Waals surface area contributed by atoms with Crippen LogP contribution in [0.3, 0.4) is 0 Å². The fraction of sp³-hybridized carbons (Fsp3) is 0.0909. The van der Waals surface area contributed by atoms with Crippen LogP contribution >= 0.6 is 38.5 Å². The maximum atomic E-state index is 11.9. The molecular weight excluding hydrogens is 399 g/mol. The number of nitrogens with zero attached hydrogens (tertiary/aromatic N) is 1. The quantitative estimate of drug-likeness (QED) is 0.797. The zero-order chi connectivity index (χ0) is 12.3. The second-order valence-electron chi connectivity index (χ2n) is 3.29. The van der Waals surface area contributed by atoms with E-state index in [0.717, 1.165) is 8.04 Å². The summed E-state index contributed by atoms with van der Waals surface area (Å²) in [7, 11) is 0. The molecule has 1 N–H and O–H groups in total. The van der Waals surface area contributed by atoms with E-state index in [2.05, 4.69) is 49.0 Å². The lowest BCUT2D eigenvalue weighted by Gasteiger charge is -2.05. The molecule has 0 aliphatic heterocycles. The van der Waals surface area contributed by atoms with E-state index in [4.69, 9.17) is 4.52 Å². The van der Waals surface area contributed by atoms with Crippen LogP contribution in [-0.2, 0) is 6.54 Å². The predicted molar refractivity (Wildman–Crippen MR) is 74.5 cm³/mol. The molecule has 0 saturated carbocycles. The average molecular weight is 407 g/mol. The summed E-state index contributed by atoms with van der Waals surface area (Å²) in [6, 6.07) is 7.31. The maximum Gasteiger partial charge on any atom is 0.252 e. The highest BCUT2D eigenvalue weighted by Crippen LogP contribution is 2.19. The molecule has 6 heteroatoms. The van der Waals surface area contributed by atoms with Gasteiger partial charge in [-0.05, 0) is 56.7 Å². The van der Waals surface area contributed by atoms with Crippen molar-refractivity contribution in [2.45, 2.75) is 6.54 Å². The van der Waals surface area contributed by atoms with Crippen LogP contribution < -0.4 is 5.32 Å². The van der Waals surface area contributed by atoms with E-state index in [1.807, 2.05) is 18.2 Å². The Morgan fingerprint density at radius 1 is 1.47 bits per heavy atom. The van der Waals surface area contributed by atoms with Gasteiger partial charge in [0.1, 0.15) is 0 Å². The molecule has 0 spiro atoms. The molecule has 0 aliphatic rings. The van der Waals surface area contributed by atoms with Crippen molar-refractivity contribution in [2.24, 2.45) is 0 Å². The SMILES string of the molecule is O=C(NCc1ccno1)c1cc(I)ccc1Br. The van der Waals surface area contributed by atoms with Gasteiger partial charge < -0.3 is 9.84 Å². The van der Waals surface area contributed by atoms with Crippen molar-refractivity contribution in [3.63, 3.8) is 0 Å². The standard InChI is InChI=1S/C11H8BrIN2O2/c12-10-2-1-7(13)5-9(10)11(16)14-6-8-3-4-15-17-8/h1-5H,6H2,(H,14,16). The highest BCUT2D eigenvalue weighted by atomic mass is 127. The number of benzene rings is 1. The first-order valence-electron chi connectivity index (χ1n) is 4.79. The van der Waals surface area contributed by atoms with Crippen molar-refractivity contribution in [1.82, 2.24) is 10.5 Å². The summed E-state index contributed by atoms with van der Waals surface area (Å²) in [6.45, 7) is 0.330. The number of hydrogen-bond acceptors (Lipinski definition) is 3. The normalized spacial score (nSPS) is 10.2. The molecule has 0 saturated heterocycles. The minimum absolute atomic E-state index is 0.146. The summed E-state index contributed by atoms with van der Waals surface area (Å²) in [5.41, 5.74) is 0.608. The van der Waals surface area contributed by atoms with Gasteiger partial charge in [-0.3, -0.25) is 4.79 Å². The van der Waals surface area contributed by atoms with Gasteiger partial charge in [-0.1, -0.05) is 5.16 Å². The molecule has 17 heavy (non-hydrogen) atoms. The fourth-order valence-corrected chi connectivity index (χ4v) is 2.19. The van der Waals surface area contributed by atoms with Crippen LogP contribution in [0.25, 0.3) is 0 Å². The number of carbonyl (C=O) groups excluding carboxylic acids is 1. The van der Waals surface area contributed by atoms with Crippen LogP contribution in [0, 0.1) is 3.57 Å². The smallest absolute Gasteiger partial charge is 0.252 e. The Kier molecular flexibility index (Phi) is 4.16. The van der Waals surface area contributed by atoms with Gasteiger partial charge in [0.25, 0.3) is 5.91 Å². The van der Waals surface area contributed by atoms with Gasteiger partial charge in [-0.2, -0.15) is 0 Å². The topological polar surface area (TPSA) is 55.1 Å². The van der Waals surface area contributed by atoms with E-state index in [-0.39, 0.29) is 5.91 Å². The van der Waals surface area contributed by atoms with E-state index in [1.165, 1.54) is 0 Å². The van der Waals surface area contributed by atoms with Crippen molar-refractivity contribution >= 4 is 44.4 Å². The largest absolute Gasteiger partial charge is 0.360 e. The summed E-state index contributed by atoms with van der Waals surface area (Å²) in [4.78, 5) is 11.9. The summed E-state index contributed by atoms with van der Waals surface area (Å²) >= 11 is 5.51. The number of halogens is 2. The number of amides is 1. The Balaban J connectivity index is 2.07. The van der Waals surface area contributed by atoms with Gasteiger partial charge in [0.15, 0.2) is 5.76 Å². The molecule has 2 aromatic rings. The van der Waals surface area contributed by atoms with Gasteiger partial charge in [-0.15, -0.1) is 0 Å².